The summed E-state index contributed by atoms with van der Waals surface area (Å²) < 4.78 is 1.84. The highest BCUT2D eigenvalue weighted by Gasteiger charge is 2.19. The van der Waals surface area contributed by atoms with E-state index in [9.17, 15) is 0 Å². The Morgan fingerprint density at radius 3 is 2.88 bits per heavy atom. The molecule has 17 heavy (non-hydrogen) atoms. The summed E-state index contributed by atoms with van der Waals surface area (Å²) in [7, 11) is 1.94. The molecule has 0 aliphatic heterocycles. The lowest BCUT2D eigenvalue weighted by molar-refractivity contribution is 0.633. The first-order chi connectivity index (χ1) is 8.15. The van der Waals surface area contributed by atoms with Crippen molar-refractivity contribution in [2.24, 2.45) is 12.9 Å². The number of rotatable bonds is 4. The van der Waals surface area contributed by atoms with Gasteiger partial charge in [0.2, 0.25) is 0 Å². The Morgan fingerprint density at radius 2 is 2.35 bits per heavy atom. The summed E-state index contributed by atoms with van der Waals surface area (Å²) >= 11 is 1.74. The van der Waals surface area contributed by atoms with Gasteiger partial charge in [-0.15, -0.1) is 11.3 Å². The molecule has 0 aliphatic carbocycles. The number of nitrogens with two attached hydrogens (primary N) is 1. The van der Waals surface area contributed by atoms with Gasteiger partial charge in [-0.25, -0.2) is 5.43 Å². The molecule has 2 aromatic rings. The minimum atomic E-state index is 0.0311. The van der Waals surface area contributed by atoms with Crippen LogP contribution >= 0.6 is 11.3 Å². The maximum Gasteiger partial charge on any atom is 0.0751 e. The van der Waals surface area contributed by atoms with Crippen molar-refractivity contribution in [3.63, 3.8) is 0 Å². The fourth-order valence-electron chi connectivity index (χ4n) is 2.05. The van der Waals surface area contributed by atoms with E-state index in [0.717, 1.165) is 17.7 Å². The van der Waals surface area contributed by atoms with Crippen molar-refractivity contribution in [1.82, 2.24) is 15.2 Å². The van der Waals surface area contributed by atoms with Crippen molar-refractivity contribution in [2.75, 3.05) is 0 Å². The van der Waals surface area contributed by atoms with E-state index in [4.69, 9.17) is 5.84 Å². The minimum absolute atomic E-state index is 0.0311. The highest BCUT2D eigenvalue weighted by Crippen LogP contribution is 2.27. The third-order valence-electron chi connectivity index (χ3n) is 2.83. The van der Waals surface area contributed by atoms with Crippen LogP contribution in [0.5, 0.6) is 0 Å². The molecule has 2 rings (SSSR count). The van der Waals surface area contributed by atoms with Crippen LogP contribution in [0, 0.1) is 6.92 Å². The molecule has 0 radical (unpaired) electrons. The Balaban J connectivity index is 2.41. The lowest BCUT2D eigenvalue weighted by atomic mass is 10.0. The van der Waals surface area contributed by atoms with Crippen LogP contribution in [0.4, 0.5) is 0 Å². The summed E-state index contributed by atoms with van der Waals surface area (Å²) in [6.45, 7) is 4.21. The Morgan fingerprint density at radius 1 is 1.59 bits per heavy atom. The smallest absolute Gasteiger partial charge is 0.0751 e. The Bertz CT molecular complexity index is 500. The van der Waals surface area contributed by atoms with Gasteiger partial charge < -0.3 is 0 Å². The maximum absolute atomic E-state index is 5.70. The first-order valence-corrected chi connectivity index (χ1v) is 6.57. The third kappa shape index (κ3) is 2.41. The molecule has 1 atom stereocenters. The summed E-state index contributed by atoms with van der Waals surface area (Å²) in [6.07, 6.45) is 2.95. The Kier molecular flexibility index (Phi) is 3.61. The van der Waals surface area contributed by atoms with Gasteiger partial charge in [-0.05, 0) is 30.4 Å². The third-order valence-corrected chi connectivity index (χ3v) is 3.71. The highest BCUT2D eigenvalue weighted by atomic mass is 32.1. The SMILES string of the molecule is CCc1nn(C)cc1C(NN)c1csc(C)c1. The summed E-state index contributed by atoms with van der Waals surface area (Å²) in [5, 5.41) is 6.60. The molecule has 0 spiro atoms. The lowest BCUT2D eigenvalue weighted by Crippen LogP contribution is -2.29. The lowest BCUT2D eigenvalue weighted by Gasteiger charge is -2.14. The first-order valence-electron chi connectivity index (χ1n) is 5.69. The van der Waals surface area contributed by atoms with Crippen molar-refractivity contribution in [2.45, 2.75) is 26.3 Å². The largest absolute Gasteiger partial charge is 0.275 e. The van der Waals surface area contributed by atoms with Crippen LogP contribution in [0.2, 0.25) is 0 Å². The number of thiophene rings is 1. The molecule has 92 valence electrons. The topological polar surface area (TPSA) is 55.9 Å². The predicted molar refractivity (Wildman–Crippen MR) is 70.8 cm³/mol. The molecular formula is C12H18N4S. The van der Waals surface area contributed by atoms with Crippen molar-refractivity contribution < 1.29 is 0 Å². The monoisotopic (exact) mass is 250 g/mol. The summed E-state index contributed by atoms with van der Waals surface area (Å²) in [6, 6.07) is 2.20. The molecule has 5 heteroatoms. The Labute approximate surface area is 105 Å². The van der Waals surface area contributed by atoms with Crippen LogP contribution in [0.15, 0.2) is 17.6 Å². The van der Waals surface area contributed by atoms with Crippen LogP contribution < -0.4 is 11.3 Å². The zero-order valence-corrected chi connectivity index (χ0v) is 11.2. The van der Waals surface area contributed by atoms with Gasteiger partial charge in [0, 0.05) is 23.7 Å². The van der Waals surface area contributed by atoms with Crippen LogP contribution in [0.25, 0.3) is 0 Å². The van der Waals surface area contributed by atoms with Crippen LogP contribution in [-0.4, -0.2) is 9.78 Å². The van der Waals surface area contributed by atoms with Gasteiger partial charge >= 0.3 is 0 Å². The van der Waals surface area contributed by atoms with E-state index in [-0.39, 0.29) is 6.04 Å². The van der Waals surface area contributed by atoms with E-state index in [1.165, 1.54) is 10.4 Å². The van der Waals surface area contributed by atoms with E-state index in [1.54, 1.807) is 11.3 Å². The van der Waals surface area contributed by atoms with Crippen LogP contribution in [0.1, 0.15) is 34.7 Å². The number of hydrogen-bond acceptors (Lipinski definition) is 4. The van der Waals surface area contributed by atoms with Gasteiger partial charge in [-0.3, -0.25) is 10.5 Å². The summed E-state index contributed by atoms with van der Waals surface area (Å²) in [5.74, 6) is 5.70. The average molecular weight is 250 g/mol. The molecule has 0 amide bonds. The van der Waals surface area contributed by atoms with Crippen LogP contribution in [-0.2, 0) is 13.5 Å². The number of nitrogens with zero attached hydrogens (tertiary/aromatic N) is 2. The Hall–Kier alpha value is -1.17. The molecule has 0 bridgehead atoms. The first kappa shape index (κ1) is 12.3. The van der Waals surface area contributed by atoms with Crippen molar-refractivity contribution >= 4 is 11.3 Å². The number of hydrazine groups is 1. The molecule has 0 saturated carbocycles. The maximum atomic E-state index is 5.70. The average Bonchev–Trinajstić information content (AvgIpc) is 2.87. The quantitative estimate of drug-likeness (QED) is 0.644. The van der Waals surface area contributed by atoms with Gasteiger partial charge in [-0.1, -0.05) is 6.92 Å². The zero-order chi connectivity index (χ0) is 12.4. The van der Waals surface area contributed by atoms with Crippen molar-refractivity contribution in [1.29, 1.82) is 0 Å². The van der Waals surface area contributed by atoms with Gasteiger partial charge in [0.15, 0.2) is 0 Å². The fourth-order valence-corrected chi connectivity index (χ4v) is 2.78. The van der Waals surface area contributed by atoms with E-state index in [1.807, 2.05) is 17.9 Å². The normalized spacial score (nSPS) is 12.9. The van der Waals surface area contributed by atoms with E-state index < -0.39 is 0 Å². The van der Waals surface area contributed by atoms with Gasteiger partial charge in [0.05, 0.1) is 11.7 Å². The molecule has 2 heterocycles. The molecule has 0 saturated heterocycles. The molecule has 1 unspecified atom stereocenters. The second kappa shape index (κ2) is 5.00. The number of aromatic nitrogens is 2. The second-order valence-corrected chi connectivity index (χ2v) is 5.26. The fraction of sp³-hybridized carbons (Fsp3) is 0.417. The number of nitrogens with one attached hydrogen (secondary N) is 1. The van der Waals surface area contributed by atoms with E-state index in [0.29, 0.717) is 0 Å². The van der Waals surface area contributed by atoms with Crippen LogP contribution in [0.3, 0.4) is 0 Å². The zero-order valence-electron chi connectivity index (χ0n) is 10.4. The summed E-state index contributed by atoms with van der Waals surface area (Å²) in [5.41, 5.74) is 6.35. The van der Waals surface area contributed by atoms with Crippen molar-refractivity contribution in [3.05, 3.63) is 39.3 Å². The summed E-state index contributed by atoms with van der Waals surface area (Å²) in [4.78, 5) is 1.29. The molecule has 0 aliphatic rings. The number of hydrogen-bond donors (Lipinski definition) is 2. The molecule has 0 fully saturated rings. The molecular weight excluding hydrogens is 232 g/mol. The van der Waals surface area contributed by atoms with Gasteiger partial charge in [0.25, 0.3) is 0 Å². The van der Waals surface area contributed by atoms with E-state index >= 15 is 0 Å². The minimum Gasteiger partial charge on any atom is -0.275 e. The predicted octanol–water partition coefficient (Wildman–Crippen LogP) is 1.91. The number of aryl methyl sites for hydroxylation is 3. The van der Waals surface area contributed by atoms with Gasteiger partial charge in [0.1, 0.15) is 0 Å². The van der Waals surface area contributed by atoms with Gasteiger partial charge in [-0.2, -0.15) is 5.10 Å². The molecule has 3 N–H and O–H groups in total. The standard InChI is InChI=1S/C12H18N4S/c1-4-11-10(6-16(3)15-11)12(14-13)9-5-8(2)17-7-9/h5-7,12,14H,4,13H2,1-3H3. The highest BCUT2D eigenvalue weighted by molar-refractivity contribution is 7.10. The molecule has 0 aromatic carbocycles. The molecule has 2 aromatic heterocycles. The molecule has 4 nitrogen and oxygen atoms in total. The van der Waals surface area contributed by atoms with Crippen molar-refractivity contribution in [3.8, 4) is 0 Å². The van der Waals surface area contributed by atoms with E-state index in [2.05, 4.69) is 35.8 Å². The second-order valence-electron chi connectivity index (χ2n) is 4.15.